The van der Waals surface area contributed by atoms with Gasteiger partial charge in [-0.1, -0.05) is 27.3 Å². The van der Waals surface area contributed by atoms with Crippen LogP contribution in [0, 0.1) is 6.92 Å². The Balaban J connectivity index is 2.54. The number of ether oxygens (including phenoxy) is 1. The normalized spacial score (nSPS) is 11.9. The predicted molar refractivity (Wildman–Crippen MR) is 96.5 cm³/mol. The van der Waals surface area contributed by atoms with Crippen molar-refractivity contribution < 1.29 is 14.3 Å². The number of aromatic nitrogens is 2. The summed E-state index contributed by atoms with van der Waals surface area (Å²) in [6.45, 7) is 5.44. The number of aryl methyl sites for hydroxylation is 2. The Labute approximate surface area is 153 Å². The lowest BCUT2D eigenvalue weighted by molar-refractivity contribution is -0.141. The van der Waals surface area contributed by atoms with Crippen molar-refractivity contribution in [1.29, 1.82) is 0 Å². The van der Waals surface area contributed by atoms with Gasteiger partial charge in [-0.2, -0.15) is 0 Å². The highest BCUT2D eigenvalue weighted by atomic mass is 79.9. The van der Waals surface area contributed by atoms with Crippen molar-refractivity contribution in [2.24, 2.45) is 0 Å². The van der Waals surface area contributed by atoms with Gasteiger partial charge in [-0.15, -0.1) is 5.10 Å². The van der Waals surface area contributed by atoms with E-state index in [2.05, 4.69) is 25.5 Å². The van der Waals surface area contributed by atoms with Crippen LogP contribution in [0.1, 0.15) is 34.8 Å². The standard InChI is InChI=1S/C16H18BrN3O3S/c1-5-12-14(24-19-18-12)15(21)20(10(3)16(22)23-4)13-7-6-11(17)8-9(13)2/h6-8,10H,5H2,1-4H3/t10-/m0/s1. The van der Waals surface area contributed by atoms with Crippen molar-refractivity contribution in [2.75, 3.05) is 12.0 Å². The predicted octanol–water partition coefficient (Wildman–Crippen LogP) is 3.38. The van der Waals surface area contributed by atoms with Crippen molar-refractivity contribution in [3.8, 4) is 0 Å². The molecule has 1 aromatic heterocycles. The van der Waals surface area contributed by atoms with Gasteiger partial charge in [0.1, 0.15) is 10.9 Å². The zero-order valence-electron chi connectivity index (χ0n) is 13.9. The van der Waals surface area contributed by atoms with Crippen molar-refractivity contribution in [1.82, 2.24) is 9.59 Å². The number of carbonyl (C=O) groups excluding carboxylic acids is 2. The molecule has 0 fully saturated rings. The van der Waals surface area contributed by atoms with E-state index in [1.165, 1.54) is 12.0 Å². The molecule has 0 aliphatic carbocycles. The molecule has 0 bridgehead atoms. The molecule has 0 N–H and O–H groups in total. The van der Waals surface area contributed by atoms with Crippen LogP contribution in [0.15, 0.2) is 22.7 Å². The molecule has 0 radical (unpaired) electrons. The van der Waals surface area contributed by atoms with Crippen LogP contribution in [0.2, 0.25) is 0 Å². The zero-order valence-corrected chi connectivity index (χ0v) is 16.3. The lowest BCUT2D eigenvalue weighted by Crippen LogP contribution is -2.44. The van der Waals surface area contributed by atoms with Gasteiger partial charge in [0.25, 0.3) is 5.91 Å². The van der Waals surface area contributed by atoms with Crippen LogP contribution in [-0.4, -0.2) is 34.6 Å². The van der Waals surface area contributed by atoms with E-state index in [9.17, 15) is 9.59 Å². The SMILES string of the molecule is CCc1nnsc1C(=O)N(c1ccc(Br)cc1C)[C@@H](C)C(=O)OC. The molecular weight excluding hydrogens is 394 g/mol. The van der Waals surface area contributed by atoms with E-state index in [-0.39, 0.29) is 5.91 Å². The van der Waals surface area contributed by atoms with E-state index in [0.29, 0.717) is 22.7 Å². The Bertz CT molecular complexity index is 763. The fourth-order valence-corrected chi connectivity index (χ4v) is 3.53. The molecule has 0 aliphatic rings. The molecule has 0 spiro atoms. The van der Waals surface area contributed by atoms with Crippen LogP contribution in [0.4, 0.5) is 5.69 Å². The van der Waals surface area contributed by atoms with Gasteiger partial charge in [-0.25, -0.2) is 4.79 Å². The first-order valence-electron chi connectivity index (χ1n) is 7.39. The van der Waals surface area contributed by atoms with Crippen LogP contribution in [0.25, 0.3) is 0 Å². The number of nitrogens with zero attached hydrogens (tertiary/aromatic N) is 3. The number of hydrogen-bond acceptors (Lipinski definition) is 6. The number of amides is 1. The van der Waals surface area contributed by atoms with Crippen LogP contribution >= 0.6 is 27.5 Å². The maximum Gasteiger partial charge on any atom is 0.328 e. The summed E-state index contributed by atoms with van der Waals surface area (Å²) in [5, 5.41) is 3.99. The molecule has 0 saturated heterocycles. The van der Waals surface area contributed by atoms with Crippen LogP contribution in [-0.2, 0) is 16.0 Å². The lowest BCUT2D eigenvalue weighted by Gasteiger charge is -2.28. The minimum absolute atomic E-state index is 0.301. The Morgan fingerprint density at radius 1 is 1.42 bits per heavy atom. The van der Waals surface area contributed by atoms with Crippen LogP contribution < -0.4 is 4.90 Å². The number of halogens is 1. The first-order valence-corrected chi connectivity index (χ1v) is 8.96. The number of benzene rings is 1. The highest BCUT2D eigenvalue weighted by Gasteiger charge is 2.32. The highest BCUT2D eigenvalue weighted by Crippen LogP contribution is 2.28. The second-order valence-electron chi connectivity index (χ2n) is 5.21. The molecule has 0 saturated carbocycles. The molecule has 24 heavy (non-hydrogen) atoms. The summed E-state index contributed by atoms with van der Waals surface area (Å²) in [6.07, 6.45) is 0.595. The summed E-state index contributed by atoms with van der Waals surface area (Å²) in [5.74, 6) is -0.786. The molecule has 2 rings (SSSR count). The third kappa shape index (κ3) is 3.64. The van der Waals surface area contributed by atoms with Crippen molar-refractivity contribution in [3.05, 3.63) is 38.8 Å². The fourth-order valence-electron chi connectivity index (χ4n) is 2.37. The molecule has 1 atom stereocenters. The Morgan fingerprint density at radius 3 is 2.71 bits per heavy atom. The number of carbonyl (C=O) groups is 2. The average Bonchev–Trinajstić information content (AvgIpc) is 3.04. The van der Waals surface area contributed by atoms with E-state index in [0.717, 1.165) is 21.6 Å². The number of hydrogen-bond donors (Lipinski definition) is 0. The molecule has 6 nitrogen and oxygen atoms in total. The van der Waals surface area contributed by atoms with Gasteiger partial charge in [-0.05, 0) is 55.6 Å². The van der Waals surface area contributed by atoms with E-state index in [1.807, 2.05) is 26.0 Å². The van der Waals surface area contributed by atoms with Gasteiger partial charge >= 0.3 is 5.97 Å². The van der Waals surface area contributed by atoms with Gasteiger partial charge in [0.2, 0.25) is 0 Å². The van der Waals surface area contributed by atoms with Gasteiger partial charge in [0, 0.05) is 10.2 Å². The minimum atomic E-state index is -0.769. The molecule has 128 valence electrons. The average molecular weight is 412 g/mol. The summed E-state index contributed by atoms with van der Waals surface area (Å²) in [6, 6.07) is 4.76. The molecule has 1 amide bonds. The number of methoxy groups -OCH3 is 1. The summed E-state index contributed by atoms with van der Waals surface area (Å²) >= 11 is 4.45. The van der Waals surface area contributed by atoms with Gasteiger partial charge in [0.05, 0.1) is 12.8 Å². The Morgan fingerprint density at radius 2 is 2.12 bits per heavy atom. The number of esters is 1. The smallest absolute Gasteiger partial charge is 0.328 e. The van der Waals surface area contributed by atoms with E-state index in [1.54, 1.807) is 13.0 Å². The molecule has 1 aromatic carbocycles. The quantitative estimate of drug-likeness (QED) is 0.705. The van der Waals surface area contributed by atoms with E-state index < -0.39 is 12.0 Å². The van der Waals surface area contributed by atoms with Crippen LogP contribution in [0.5, 0.6) is 0 Å². The molecule has 8 heteroatoms. The molecule has 0 unspecified atom stereocenters. The topological polar surface area (TPSA) is 72.4 Å². The van der Waals surface area contributed by atoms with E-state index >= 15 is 0 Å². The van der Waals surface area contributed by atoms with Gasteiger partial charge in [0.15, 0.2) is 0 Å². The first kappa shape index (κ1) is 18.5. The largest absolute Gasteiger partial charge is 0.467 e. The van der Waals surface area contributed by atoms with Gasteiger partial charge in [-0.3, -0.25) is 9.69 Å². The summed E-state index contributed by atoms with van der Waals surface area (Å²) in [4.78, 5) is 27.1. The van der Waals surface area contributed by atoms with Crippen molar-refractivity contribution >= 4 is 45.0 Å². The third-order valence-corrected chi connectivity index (χ3v) is 4.90. The minimum Gasteiger partial charge on any atom is -0.467 e. The maximum absolute atomic E-state index is 13.1. The second-order valence-corrected chi connectivity index (χ2v) is 6.88. The number of rotatable bonds is 5. The number of anilines is 1. The fraction of sp³-hybridized carbons (Fsp3) is 0.375. The zero-order chi connectivity index (χ0) is 17.9. The molecule has 2 aromatic rings. The van der Waals surface area contributed by atoms with Gasteiger partial charge < -0.3 is 4.74 Å². The summed E-state index contributed by atoms with van der Waals surface area (Å²) in [7, 11) is 1.31. The lowest BCUT2D eigenvalue weighted by atomic mass is 10.1. The van der Waals surface area contributed by atoms with Crippen LogP contribution in [0.3, 0.4) is 0 Å². The second kappa shape index (κ2) is 7.85. The third-order valence-electron chi connectivity index (χ3n) is 3.65. The Kier molecular flexibility index (Phi) is 6.06. The van der Waals surface area contributed by atoms with Crippen molar-refractivity contribution in [2.45, 2.75) is 33.2 Å². The summed E-state index contributed by atoms with van der Waals surface area (Å²) < 4.78 is 9.60. The highest BCUT2D eigenvalue weighted by molar-refractivity contribution is 9.10. The summed E-state index contributed by atoms with van der Waals surface area (Å²) in [5.41, 5.74) is 2.14. The van der Waals surface area contributed by atoms with Crippen molar-refractivity contribution in [3.63, 3.8) is 0 Å². The molecule has 1 heterocycles. The molecule has 0 aliphatic heterocycles. The maximum atomic E-state index is 13.1. The van der Waals surface area contributed by atoms with E-state index in [4.69, 9.17) is 4.74 Å². The first-order chi connectivity index (χ1) is 11.4. The molecular formula is C16H18BrN3O3S. The monoisotopic (exact) mass is 411 g/mol. The Hall–Kier alpha value is -1.80.